The molecule has 6 aromatic rings. The van der Waals surface area contributed by atoms with Gasteiger partial charge in [-0.1, -0.05) is 354 Å². The Morgan fingerprint density at radius 3 is 1.42 bits per heavy atom. The van der Waals surface area contributed by atoms with Crippen molar-refractivity contribution >= 4 is 22.6 Å². The average Bonchev–Trinajstić information content (AvgIpc) is 1.57. The zero-order chi connectivity index (χ0) is 72.7. The first-order chi connectivity index (χ1) is 45.9. The van der Waals surface area contributed by atoms with Crippen molar-refractivity contribution in [2.24, 2.45) is 69.0 Å². The van der Waals surface area contributed by atoms with Crippen molar-refractivity contribution in [2.75, 3.05) is 0 Å². The number of rotatable bonds is 8. The Kier molecular flexibility index (Phi) is 24.8. The molecule has 0 radical (unpaired) electrons. The molecule has 6 aliphatic carbocycles. The van der Waals surface area contributed by atoms with Crippen molar-refractivity contribution in [3.05, 3.63) is 269 Å². The minimum absolute atomic E-state index is 0. The second-order valence-electron chi connectivity index (χ2n) is 39.4. The fourth-order valence-corrected chi connectivity index (χ4v) is 18.0. The molecule has 6 aliphatic rings. The molecule has 0 saturated heterocycles. The van der Waals surface area contributed by atoms with E-state index >= 15 is 0 Å². The van der Waals surface area contributed by atoms with Gasteiger partial charge in [-0.2, -0.15) is 0 Å². The standard InChI is InChI=1S/C48H66.C48H58.2CH3.2ClH.Zr/c2*1-30-25-35(47(8,9)10)27-38(30)42(32-19-21-33(22-20-32)45(2,3)4)44-40-26-34(46(5,6)7)23-24-37(40)43-39(31-17-15-14-16-18-31)28-36(29-41(43)44)48(11,12)13;;;;;/h14-24,26,28-30,35,37-38,40-44H,25,27H2,1-13H3;14-24,26-29,42,44H,25H2,1-13H3;2*1H3;2*1H;/q;;2*-1;;;+4/p-2. The fourth-order valence-electron chi connectivity index (χ4n) is 18.0. The minimum atomic E-state index is -0.826. The van der Waals surface area contributed by atoms with Crippen LogP contribution >= 0.6 is 17.0 Å². The monoisotopic (exact) mass is 1470 g/mol. The van der Waals surface area contributed by atoms with Crippen molar-refractivity contribution in [3.8, 4) is 22.3 Å². The van der Waals surface area contributed by atoms with Gasteiger partial charge in [-0.15, -0.1) is 0 Å². The zero-order valence-electron chi connectivity index (χ0n) is 68.0. The predicted molar refractivity (Wildman–Crippen MR) is 443 cm³/mol. The third-order valence-electron chi connectivity index (χ3n) is 24.1. The first kappa shape index (κ1) is 81.9. The molecule has 0 N–H and O–H groups in total. The topological polar surface area (TPSA) is 0 Å². The predicted octanol–water partition coefficient (Wildman–Crippen LogP) is 29.6. The summed E-state index contributed by atoms with van der Waals surface area (Å²) in [7, 11) is 9.87. The van der Waals surface area contributed by atoms with E-state index in [2.05, 4.69) is 356 Å². The van der Waals surface area contributed by atoms with Crippen LogP contribution in [0.4, 0.5) is 0 Å². The summed E-state index contributed by atoms with van der Waals surface area (Å²) in [6.45, 7) is 62.2. The second kappa shape index (κ2) is 30.6. The molecule has 0 spiro atoms. The van der Waals surface area contributed by atoms with Crippen molar-refractivity contribution in [3.63, 3.8) is 0 Å². The summed E-state index contributed by atoms with van der Waals surface area (Å²) in [6, 6.07) is 54.7. The van der Waals surface area contributed by atoms with E-state index in [4.69, 9.17) is 17.0 Å². The number of benzene rings is 6. The van der Waals surface area contributed by atoms with Gasteiger partial charge in [-0.3, -0.25) is 0 Å². The average molecular weight is 1470 g/mol. The number of hydrogen-bond acceptors (Lipinski definition) is 0. The summed E-state index contributed by atoms with van der Waals surface area (Å²) in [5.41, 5.74) is 28.7. The van der Waals surface area contributed by atoms with E-state index in [1.807, 2.05) is 0 Å². The molecule has 12 rings (SSSR count). The third-order valence-corrected chi connectivity index (χ3v) is 24.1. The van der Waals surface area contributed by atoms with E-state index in [0.29, 0.717) is 52.8 Å². The van der Waals surface area contributed by atoms with Gasteiger partial charge in [-0.05, 0) is 223 Å². The van der Waals surface area contributed by atoms with Gasteiger partial charge in [0, 0.05) is 11.8 Å². The Labute approximate surface area is 637 Å². The Morgan fingerprint density at radius 2 is 0.941 bits per heavy atom. The molecule has 0 nitrogen and oxygen atoms in total. The molecule has 101 heavy (non-hydrogen) atoms. The molecule has 2 saturated carbocycles. The molecule has 2 fully saturated rings. The van der Waals surface area contributed by atoms with Gasteiger partial charge in [0.1, 0.15) is 0 Å². The molecule has 6 aromatic carbocycles. The molecule has 0 aromatic heterocycles. The van der Waals surface area contributed by atoms with E-state index in [-0.39, 0.29) is 64.6 Å². The molecular formula is C98H130Cl2Zr. The van der Waals surface area contributed by atoms with E-state index in [1.54, 1.807) is 16.7 Å². The molecular weight excluding hydrogens is 1340 g/mol. The number of hydrogen-bond donors (Lipinski definition) is 0. The summed E-state index contributed by atoms with van der Waals surface area (Å²) in [5.74, 6) is 5.58. The Balaban J connectivity index is 0.000000242. The van der Waals surface area contributed by atoms with Gasteiger partial charge in [0.2, 0.25) is 0 Å². The Bertz CT molecular complexity index is 4040. The normalized spacial score (nSPS) is 23.3. The van der Waals surface area contributed by atoms with Gasteiger partial charge in [0.15, 0.2) is 0 Å². The molecule has 540 valence electrons. The van der Waals surface area contributed by atoms with E-state index in [9.17, 15) is 0 Å². The van der Waals surface area contributed by atoms with Crippen LogP contribution in [-0.4, -0.2) is 0 Å². The molecule has 0 bridgehead atoms. The van der Waals surface area contributed by atoms with Crippen LogP contribution in [0.15, 0.2) is 204 Å². The van der Waals surface area contributed by atoms with Crippen LogP contribution in [0.3, 0.4) is 0 Å². The quantitative estimate of drug-likeness (QED) is 0.133. The summed E-state index contributed by atoms with van der Waals surface area (Å²) < 4.78 is 0. The van der Waals surface area contributed by atoms with Crippen molar-refractivity contribution in [2.45, 2.75) is 239 Å². The van der Waals surface area contributed by atoms with E-state index < -0.39 is 20.8 Å². The van der Waals surface area contributed by atoms with Crippen LogP contribution in [0.25, 0.3) is 27.8 Å². The van der Waals surface area contributed by atoms with E-state index in [0.717, 1.165) is 12.3 Å². The number of fused-ring (bicyclic) bond motifs is 6. The summed E-state index contributed by atoms with van der Waals surface area (Å²) in [6.07, 6.45) is 19.7. The van der Waals surface area contributed by atoms with Crippen LogP contribution in [0, 0.1) is 83.9 Å². The van der Waals surface area contributed by atoms with Gasteiger partial charge in [-0.25, -0.2) is 0 Å². The maximum absolute atomic E-state index is 4.93. The molecule has 0 heterocycles. The van der Waals surface area contributed by atoms with Crippen molar-refractivity contribution < 1.29 is 20.8 Å². The van der Waals surface area contributed by atoms with Crippen LogP contribution in [0.2, 0.25) is 0 Å². The summed E-state index contributed by atoms with van der Waals surface area (Å²) >= 11 is -0.826. The van der Waals surface area contributed by atoms with Gasteiger partial charge in [0.05, 0.1) is 0 Å². The first-order valence-electron chi connectivity index (χ1n) is 37.8. The number of allylic oxidation sites excluding steroid dienone is 12. The molecule has 11 atom stereocenters. The first-order valence-corrected chi connectivity index (χ1v) is 44.1. The van der Waals surface area contributed by atoms with E-state index in [1.165, 1.54) is 102 Å². The van der Waals surface area contributed by atoms with Gasteiger partial charge >= 0.3 is 37.9 Å². The summed E-state index contributed by atoms with van der Waals surface area (Å²) in [4.78, 5) is 0. The van der Waals surface area contributed by atoms with Crippen molar-refractivity contribution in [1.82, 2.24) is 0 Å². The van der Waals surface area contributed by atoms with Crippen LogP contribution in [-0.2, 0) is 42.5 Å². The third kappa shape index (κ3) is 17.5. The fraction of sp³-hybridized carbons (Fsp3) is 0.490. The molecule has 0 amide bonds. The maximum atomic E-state index is 4.93. The summed E-state index contributed by atoms with van der Waals surface area (Å²) in [5, 5.41) is 0. The van der Waals surface area contributed by atoms with Crippen LogP contribution in [0.5, 0.6) is 0 Å². The van der Waals surface area contributed by atoms with Gasteiger partial charge < -0.3 is 14.9 Å². The van der Waals surface area contributed by atoms with Gasteiger partial charge in [0.25, 0.3) is 0 Å². The zero-order valence-corrected chi connectivity index (χ0v) is 71.9. The molecule has 11 unspecified atom stereocenters. The van der Waals surface area contributed by atoms with Crippen LogP contribution < -0.4 is 0 Å². The molecule has 0 aliphatic heterocycles. The van der Waals surface area contributed by atoms with Crippen LogP contribution in [0.1, 0.15) is 267 Å². The molecule has 3 heteroatoms. The SMILES string of the molecule is CC1=C(C(c2ccc(C(C)(C)C)cc2)C2c3cc(C(C)(C)C)ccc3-c3c(-c4ccccc4)cc(C(C)(C)C)cc32)C=C(C(C)(C)C)C1.CC1CC(C(C)(C)C)CC1C(c1ccc(C(C)(C)C)cc1)C1C2C=C(C(C)(C)C)C=CC2C2C(c3ccccc3)=CC(C(C)(C)C)=CC21.[CH3-].[CH3-].[Cl][Zr+2][Cl]. The second-order valence-corrected chi connectivity index (χ2v) is 43.1. The number of halogens is 2. The Hall–Kier alpha value is -4.78. The van der Waals surface area contributed by atoms with Crippen molar-refractivity contribution in [1.29, 1.82) is 0 Å². The Morgan fingerprint density at radius 1 is 0.455 bits per heavy atom.